The highest BCUT2D eigenvalue weighted by atomic mass is 32.2. The number of ether oxygens (including phenoxy) is 1. The van der Waals surface area contributed by atoms with Gasteiger partial charge in [-0.1, -0.05) is 0 Å². The molecule has 1 aliphatic carbocycles. The Morgan fingerprint density at radius 3 is 2.95 bits per heavy atom. The third-order valence-electron chi connectivity index (χ3n) is 5.15. The molecule has 3 aliphatic rings. The highest BCUT2D eigenvalue weighted by Gasteiger charge is 2.50. The van der Waals surface area contributed by atoms with Gasteiger partial charge in [0.1, 0.15) is 5.50 Å². The molecular weight excluding hydrogens is 300 g/mol. The van der Waals surface area contributed by atoms with Crippen LogP contribution >= 0.6 is 11.8 Å². The number of methoxy groups -OCH3 is 1. The van der Waals surface area contributed by atoms with Crippen LogP contribution in [-0.2, 0) is 11.8 Å². The number of fused-ring (bicyclic) bond motifs is 3. The van der Waals surface area contributed by atoms with Gasteiger partial charge in [0, 0.05) is 44.6 Å². The molecule has 0 aromatic carbocycles. The Kier molecular flexibility index (Phi) is 3.66. The van der Waals surface area contributed by atoms with Crippen molar-refractivity contribution in [3.63, 3.8) is 0 Å². The standard InChI is InChI=1S/C15H22N4O2S/c1-17-14(20)6-5-13(16-17)19-8-7-18-11-4-3-10(21-2)9-12(11)22-15(18)19/h5-6,10-12,15H,3-4,7-9H2,1-2H3. The number of thioether (sulfide) groups is 1. The van der Waals surface area contributed by atoms with Crippen LogP contribution in [0.5, 0.6) is 0 Å². The van der Waals surface area contributed by atoms with Crippen LogP contribution in [0.1, 0.15) is 19.3 Å². The second-order valence-corrected chi connectivity index (χ2v) is 7.62. The molecule has 0 radical (unpaired) electrons. The predicted octanol–water partition coefficient (Wildman–Crippen LogP) is 0.869. The Balaban J connectivity index is 1.56. The molecule has 0 amide bonds. The van der Waals surface area contributed by atoms with Crippen LogP contribution in [0.2, 0.25) is 0 Å². The lowest BCUT2D eigenvalue weighted by atomic mass is 9.91. The third kappa shape index (κ3) is 2.26. The van der Waals surface area contributed by atoms with E-state index in [9.17, 15) is 4.79 Å². The van der Waals surface area contributed by atoms with E-state index in [0.717, 1.165) is 25.3 Å². The number of rotatable bonds is 2. The van der Waals surface area contributed by atoms with E-state index < -0.39 is 0 Å². The normalized spacial score (nSPS) is 34.7. The first-order valence-corrected chi connectivity index (χ1v) is 8.86. The van der Waals surface area contributed by atoms with Crippen LogP contribution in [-0.4, -0.2) is 57.8 Å². The number of aromatic nitrogens is 2. The highest BCUT2D eigenvalue weighted by Crippen LogP contribution is 2.47. The van der Waals surface area contributed by atoms with Crippen molar-refractivity contribution in [1.82, 2.24) is 14.7 Å². The molecule has 0 spiro atoms. The largest absolute Gasteiger partial charge is 0.381 e. The lowest BCUT2D eigenvalue weighted by molar-refractivity contribution is 0.0511. The van der Waals surface area contributed by atoms with Crippen molar-refractivity contribution in [1.29, 1.82) is 0 Å². The van der Waals surface area contributed by atoms with Gasteiger partial charge in [-0.25, -0.2) is 4.68 Å². The molecule has 0 N–H and O–H groups in total. The summed E-state index contributed by atoms with van der Waals surface area (Å²) >= 11 is 2.04. The first-order chi connectivity index (χ1) is 10.7. The number of anilines is 1. The SMILES string of the molecule is COC1CCC2C(C1)SC1N(c3ccc(=O)n(C)n3)CCN21. The van der Waals surface area contributed by atoms with Gasteiger partial charge in [0.05, 0.1) is 6.10 Å². The van der Waals surface area contributed by atoms with Gasteiger partial charge in [-0.3, -0.25) is 9.69 Å². The van der Waals surface area contributed by atoms with E-state index in [2.05, 4.69) is 14.9 Å². The summed E-state index contributed by atoms with van der Waals surface area (Å²) in [5.41, 5.74) is 0.297. The monoisotopic (exact) mass is 322 g/mol. The minimum atomic E-state index is -0.0597. The van der Waals surface area contributed by atoms with E-state index in [4.69, 9.17) is 4.74 Å². The van der Waals surface area contributed by atoms with Crippen LogP contribution in [0.4, 0.5) is 5.82 Å². The smallest absolute Gasteiger partial charge is 0.266 e. The lowest BCUT2D eigenvalue weighted by Crippen LogP contribution is -2.42. The Morgan fingerprint density at radius 1 is 1.32 bits per heavy atom. The molecule has 1 saturated carbocycles. The summed E-state index contributed by atoms with van der Waals surface area (Å²) < 4.78 is 6.99. The highest BCUT2D eigenvalue weighted by molar-refractivity contribution is 8.00. The molecule has 7 heteroatoms. The van der Waals surface area contributed by atoms with Crippen molar-refractivity contribution < 1.29 is 4.74 Å². The quantitative estimate of drug-likeness (QED) is 0.805. The third-order valence-corrected chi connectivity index (χ3v) is 6.78. The van der Waals surface area contributed by atoms with Crippen LogP contribution in [0, 0.1) is 0 Å². The Hall–Kier alpha value is -1.05. The van der Waals surface area contributed by atoms with Crippen LogP contribution in [0.3, 0.4) is 0 Å². The van der Waals surface area contributed by atoms with Crippen LogP contribution in [0.15, 0.2) is 16.9 Å². The first-order valence-electron chi connectivity index (χ1n) is 7.92. The fourth-order valence-electron chi connectivity index (χ4n) is 3.95. The number of aryl methyl sites for hydroxylation is 1. The zero-order valence-electron chi connectivity index (χ0n) is 13.0. The van der Waals surface area contributed by atoms with E-state index in [1.807, 2.05) is 24.9 Å². The summed E-state index contributed by atoms with van der Waals surface area (Å²) in [5.74, 6) is 0.907. The van der Waals surface area contributed by atoms with Crippen molar-refractivity contribution in [2.45, 2.75) is 42.2 Å². The van der Waals surface area contributed by atoms with E-state index in [1.165, 1.54) is 17.5 Å². The van der Waals surface area contributed by atoms with Gasteiger partial charge in [0.25, 0.3) is 5.56 Å². The van der Waals surface area contributed by atoms with Gasteiger partial charge in [0.2, 0.25) is 0 Å². The minimum Gasteiger partial charge on any atom is -0.381 e. The minimum absolute atomic E-state index is 0.0597. The van der Waals surface area contributed by atoms with Gasteiger partial charge in [-0.15, -0.1) is 11.8 Å². The van der Waals surface area contributed by atoms with Crippen LogP contribution < -0.4 is 10.5 Å². The Labute approximate surface area is 134 Å². The van der Waals surface area contributed by atoms with Crippen molar-refractivity contribution >= 4 is 17.6 Å². The zero-order chi connectivity index (χ0) is 15.3. The van der Waals surface area contributed by atoms with E-state index in [-0.39, 0.29) is 5.56 Å². The van der Waals surface area contributed by atoms with E-state index in [0.29, 0.717) is 22.9 Å². The summed E-state index contributed by atoms with van der Waals surface area (Å²) in [7, 11) is 3.54. The Morgan fingerprint density at radius 2 is 2.18 bits per heavy atom. The maximum atomic E-state index is 11.5. The summed E-state index contributed by atoms with van der Waals surface area (Å²) in [4.78, 5) is 16.5. The molecule has 0 bridgehead atoms. The fraction of sp³-hybridized carbons (Fsp3) is 0.733. The van der Waals surface area contributed by atoms with Gasteiger partial charge < -0.3 is 9.64 Å². The summed E-state index contributed by atoms with van der Waals surface area (Å²) in [6, 6.07) is 4.13. The van der Waals surface area contributed by atoms with E-state index >= 15 is 0 Å². The van der Waals surface area contributed by atoms with Crippen molar-refractivity contribution in [3.05, 3.63) is 22.5 Å². The second-order valence-electron chi connectivity index (χ2n) is 6.32. The van der Waals surface area contributed by atoms with Crippen LogP contribution in [0.25, 0.3) is 0 Å². The summed E-state index contributed by atoms with van der Waals surface area (Å²) in [6.07, 6.45) is 3.95. The molecule has 3 fully saturated rings. The second kappa shape index (κ2) is 5.54. The molecule has 120 valence electrons. The van der Waals surface area contributed by atoms with Gasteiger partial charge in [-0.05, 0) is 25.3 Å². The average Bonchev–Trinajstić information content (AvgIpc) is 3.08. The molecule has 2 saturated heterocycles. The molecule has 1 aromatic heterocycles. The van der Waals surface area contributed by atoms with Gasteiger partial charge in [-0.2, -0.15) is 5.10 Å². The molecule has 4 unspecified atom stereocenters. The number of hydrogen-bond acceptors (Lipinski definition) is 6. The molecule has 22 heavy (non-hydrogen) atoms. The maximum absolute atomic E-state index is 11.5. The summed E-state index contributed by atoms with van der Waals surface area (Å²) in [5, 5.41) is 5.08. The molecule has 4 rings (SSSR count). The topological polar surface area (TPSA) is 50.6 Å². The fourth-order valence-corrected chi connectivity index (χ4v) is 5.84. The lowest BCUT2D eigenvalue weighted by Gasteiger charge is -2.33. The number of hydrogen-bond donors (Lipinski definition) is 0. The van der Waals surface area contributed by atoms with Gasteiger partial charge >= 0.3 is 0 Å². The first kappa shape index (κ1) is 14.5. The molecule has 3 heterocycles. The predicted molar refractivity (Wildman–Crippen MR) is 87.1 cm³/mol. The Bertz CT molecular complexity index is 622. The van der Waals surface area contributed by atoms with E-state index in [1.54, 1.807) is 13.1 Å². The molecular formula is C15H22N4O2S. The maximum Gasteiger partial charge on any atom is 0.266 e. The van der Waals surface area contributed by atoms with Crippen molar-refractivity contribution in [2.24, 2.45) is 7.05 Å². The van der Waals surface area contributed by atoms with Gasteiger partial charge in [0.15, 0.2) is 5.82 Å². The zero-order valence-corrected chi connectivity index (χ0v) is 13.8. The molecule has 1 aromatic rings. The molecule has 6 nitrogen and oxygen atoms in total. The van der Waals surface area contributed by atoms with Crippen molar-refractivity contribution in [2.75, 3.05) is 25.1 Å². The van der Waals surface area contributed by atoms with Crippen molar-refractivity contribution in [3.8, 4) is 0 Å². The molecule has 2 aliphatic heterocycles. The number of nitrogens with zero attached hydrogens (tertiary/aromatic N) is 4. The summed E-state index contributed by atoms with van der Waals surface area (Å²) in [6.45, 7) is 2.07. The average molecular weight is 322 g/mol. The molecule has 4 atom stereocenters.